The van der Waals surface area contributed by atoms with Crippen LogP contribution in [0.4, 0.5) is 17.1 Å². The van der Waals surface area contributed by atoms with E-state index < -0.39 is 0 Å². The maximum atomic E-state index is 6.55. The summed E-state index contributed by atoms with van der Waals surface area (Å²) in [6, 6.07) is 63.2. The molecule has 49 heavy (non-hydrogen) atoms. The molecule has 2 nitrogen and oxygen atoms in total. The molecule has 10 aromatic rings. The van der Waals surface area contributed by atoms with Crippen molar-refractivity contribution in [2.45, 2.75) is 0 Å². The lowest BCUT2D eigenvalue weighted by atomic mass is 9.98. The van der Waals surface area contributed by atoms with Gasteiger partial charge in [-0.25, -0.2) is 0 Å². The van der Waals surface area contributed by atoms with Crippen molar-refractivity contribution in [3.63, 3.8) is 0 Å². The molecule has 2 aromatic heterocycles. The second-order valence-electron chi connectivity index (χ2n) is 12.5. The first-order valence-electron chi connectivity index (χ1n) is 16.6. The van der Waals surface area contributed by atoms with E-state index in [-0.39, 0.29) is 0 Å². The quantitative estimate of drug-likeness (QED) is 0.186. The highest BCUT2D eigenvalue weighted by Crippen LogP contribution is 2.46. The summed E-state index contributed by atoms with van der Waals surface area (Å²) < 4.78 is 9.19. The molecular formula is C46H29NOS. The monoisotopic (exact) mass is 643 g/mol. The molecule has 0 amide bonds. The molecule has 230 valence electrons. The number of hydrogen-bond acceptors (Lipinski definition) is 3. The summed E-state index contributed by atoms with van der Waals surface area (Å²) in [5.74, 6) is 0. The Morgan fingerprint density at radius 2 is 1.04 bits per heavy atom. The molecule has 0 aliphatic carbocycles. The van der Waals surface area contributed by atoms with Crippen LogP contribution >= 0.6 is 11.3 Å². The minimum Gasteiger partial charge on any atom is -0.455 e. The maximum absolute atomic E-state index is 6.55. The molecule has 0 saturated heterocycles. The van der Waals surface area contributed by atoms with Gasteiger partial charge in [0.2, 0.25) is 0 Å². The van der Waals surface area contributed by atoms with Crippen molar-refractivity contribution >= 4 is 81.3 Å². The summed E-state index contributed by atoms with van der Waals surface area (Å²) in [6.45, 7) is 0. The molecule has 0 spiro atoms. The van der Waals surface area contributed by atoms with Gasteiger partial charge in [0.05, 0.1) is 11.4 Å². The van der Waals surface area contributed by atoms with Gasteiger partial charge in [-0.05, 0) is 59.0 Å². The average molecular weight is 644 g/mol. The van der Waals surface area contributed by atoms with E-state index in [0.29, 0.717) is 0 Å². The van der Waals surface area contributed by atoms with Crippen molar-refractivity contribution in [2.24, 2.45) is 0 Å². The number of nitrogens with zero attached hydrogens (tertiary/aromatic N) is 1. The lowest BCUT2D eigenvalue weighted by Gasteiger charge is -2.29. The Bertz CT molecular complexity index is 2840. The zero-order chi connectivity index (χ0) is 32.3. The van der Waals surface area contributed by atoms with Gasteiger partial charge in [-0.2, -0.15) is 0 Å². The zero-order valence-electron chi connectivity index (χ0n) is 26.5. The fourth-order valence-electron chi connectivity index (χ4n) is 7.38. The second kappa shape index (κ2) is 11.2. The predicted octanol–water partition coefficient (Wildman–Crippen LogP) is 13.9. The highest BCUT2D eigenvalue weighted by molar-refractivity contribution is 7.25. The van der Waals surface area contributed by atoms with Crippen molar-refractivity contribution in [2.75, 3.05) is 4.90 Å². The van der Waals surface area contributed by atoms with Gasteiger partial charge in [-0.15, -0.1) is 11.3 Å². The van der Waals surface area contributed by atoms with Crippen LogP contribution in [0.1, 0.15) is 0 Å². The Morgan fingerprint density at radius 3 is 1.96 bits per heavy atom. The Morgan fingerprint density at radius 1 is 0.408 bits per heavy atom. The molecule has 0 saturated carbocycles. The van der Waals surface area contributed by atoms with Gasteiger partial charge in [-0.3, -0.25) is 0 Å². The number of furan rings is 1. The molecule has 0 unspecified atom stereocenters. The number of fused-ring (bicyclic) bond motifs is 7. The molecule has 0 N–H and O–H groups in total. The summed E-state index contributed by atoms with van der Waals surface area (Å²) in [4.78, 5) is 2.40. The summed E-state index contributed by atoms with van der Waals surface area (Å²) in [5.41, 5.74) is 9.71. The van der Waals surface area contributed by atoms with Gasteiger partial charge < -0.3 is 9.32 Å². The van der Waals surface area contributed by atoms with Crippen molar-refractivity contribution in [3.05, 3.63) is 176 Å². The van der Waals surface area contributed by atoms with Gasteiger partial charge >= 0.3 is 0 Å². The smallest absolute Gasteiger partial charge is 0.143 e. The SMILES string of the molecule is c1ccc(N(c2ccc(-c3ccc4c(c3)sc3ccccc34)cc2)c2cccc3ccccc23)c(-c2cccc3c2oc2ccccc23)c1. The minimum atomic E-state index is 0.901. The topological polar surface area (TPSA) is 16.4 Å². The molecule has 0 aliphatic rings. The van der Waals surface area contributed by atoms with E-state index in [2.05, 4.69) is 169 Å². The first kappa shape index (κ1) is 27.9. The standard InChI is InChI=1S/C46H29NOS/c1-2-13-34-31(11-1)12-9-20-41(34)47(33-26-23-30(24-27-33)32-25-28-38-37-16-5-8-22-44(37)49-45(38)29-32)42-19-6-3-14-35(42)39-17-10-18-40-36-15-4-7-21-43(36)48-46(39)40/h1-29H. The van der Waals surface area contributed by atoms with Crippen LogP contribution in [0.3, 0.4) is 0 Å². The van der Waals surface area contributed by atoms with Gasteiger partial charge in [0, 0.05) is 53.1 Å². The van der Waals surface area contributed by atoms with Crippen molar-refractivity contribution in [3.8, 4) is 22.3 Å². The van der Waals surface area contributed by atoms with Gasteiger partial charge in [-0.1, -0.05) is 133 Å². The normalized spacial score (nSPS) is 11.7. The number of para-hydroxylation sites is 3. The van der Waals surface area contributed by atoms with Crippen LogP contribution in [0.15, 0.2) is 180 Å². The van der Waals surface area contributed by atoms with E-state index in [1.807, 2.05) is 23.5 Å². The van der Waals surface area contributed by atoms with Crippen LogP contribution < -0.4 is 4.90 Å². The third-order valence-corrected chi connectivity index (χ3v) is 10.8. The highest BCUT2D eigenvalue weighted by atomic mass is 32.1. The summed E-state index contributed by atoms with van der Waals surface area (Å²) in [5, 5.41) is 7.30. The third kappa shape index (κ3) is 4.55. The van der Waals surface area contributed by atoms with E-state index in [9.17, 15) is 0 Å². The van der Waals surface area contributed by atoms with Crippen molar-refractivity contribution < 1.29 is 4.42 Å². The summed E-state index contributed by atoms with van der Waals surface area (Å²) in [7, 11) is 0. The van der Waals surface area contributed by atoms with Crippen LogP contribution in [-0.4, -0.2) is 0 Å². The van der Waals surface area contributed by atoms with E-state index >= 15 is 0 Å². The summed E-state index contributed by atoms with van der Waals surface area (Å²) >= 11 is 1.86. The molecule has 0 atom stereocenters. The molecule has 10 rings (SSSR count). The zero-order valence-corrected chi connectivity index (χ0v) is 27.3. The minimum absolute atomic E-state index is 0.901. The van der Waals surface area contributed by atoms with E-state index in [0.717, 1.165) is 50.1 Å². The number of benzene rings is 8. The fraction of sp³-hybridized carbons (Fsp3) is 0. The molecular weight excluding hydrogens is 615 g/mol. The number of thiophene rings is 1. The van der Waals surface area contributed by atoms with Crippen LogP contribution in [0, 0.1) is 0 Å². The number of anilines is 3. The Labute approximate surface area is 287 Å². The lowest BCUT2D eigenvalue weighted by molar-refractivity contribution is 0.670. The second-order valence-corrected chi connectivity index (χ2v) is 13.6. The first-order chi connectivity index (χ1) is 24.3. The highest BCUT2D eigenvalue weighted by Gasteiger charge is 2.21. The molecule has 3 heteroatoms. The Hall–Kier alpha value is -6.16. The van der Waals surface area contributed by atoms with Crippen LogP contribution in [-0.2, 0) is 0 Å². The largest absolute Gasteiger partial charge is 0.455 e. The fourth-order valence-corrected chi connectivity index (χ4v) is 8.52. The third-order valence-electron chi connectivity index (χ3n) is 9.68. The maximum Gasteiger partial charge on any atom is 0.143 e. The van der Waals surface area contributed by atoms with E-state index in [1.54, 1.807) is 0 Å². The lowest BCUT2D eigenvalue weighted by Crippen LogP contribution is -2.11. The first-order valence-corrected chi connectivity index (χ1v) is 17.4. The average Bonchev–Trinajstić information content (AvgIpc) is 3.74. The molecule has 8 aromatic carbocycles. The van der Waals surface area contributed by atoms with E-state index in [4.69, 9.17) is 4.42 Å². The molecule has 0 bridgehead atoms. The predicted molar refractivity (Wildman–Crippen MR) is 210 cm³/mol. The van der Waals surface area contributed by atoms with E-state index in [1.165, 1.54) is 42.1 Å². The molecule has 0 radical (unpaired) electrons. The Balaban J connectivity index is 1.15. The van der Waals surface area contributed by atoms with Crippen molar-refractivity contribution in [1.29, 1.82) is 0 Å². The Kier molecular flexibility index (Phi) is 6.39. The number of rotatable bonds is 5. The molecule has 0 fully saturated rings. The van der Waals surface area contributed by atoms with Gasteiger partial charge in [0.25, 0.3) is 0 Å². The van der Waals surface area contributed by atoms with Gasteiger partial charge in [0.15, 0.2) is 0 Å². The molecule has 2 heterocycles. The summed E-state index contributed by atoms with van der Waals surface area (Å²) in [6.07, 6.45) is 0. The van der Waals surface area contributed by atoms with Crippen LogP contribution in [0.2, 0.25) is 0 Å². The molecule has 0 aliphatic heterocycles. The van der Waals surface area contributed by atoms with Gasteiger partial charge in [0.1, 0.15) is 11.2 Å². The van der Waals surface area contributed by atoms with Crippen LogP contribution in [0.25, 0.3) is 75.1 Å². The van der Waals surface area contributed by atoms with Crippen LogP contribution in [0.5, 0.6) is 0 Å². The number of hydrogen-bond donors (Lipinski definition) is 0. The van der Waals surface area contributed by atoms with Crippen molar-refractivity contribution in [1.82, 2.24) is 0 Å².